The number of halogens is 1. The summed E-state index contributed by atoms with van der Waals surface area (Å²) in [5.74, 6) is -1.52. The first-order valence-corrected chi connectivity index (χ1v) is 10.2. The summed E-state index contributed by atoms with van der Waals surface area (Å²) in [5.41, 5.74) is 2.84. The largest absolute Gasteiger partial charge is 0.465 e. The van der Waals surface area contributed by atoms with E-state index in [4.69, 9.17) is 21.1 Å². The summed E-state index contributed by atoms with van der Waals surface area (Å²) >= 11 is 6.17. The number of carbonyl (C=O) groups excluding carboxylic acids is 3. The first-order chi connectivity index (χ1) is 15.0. The third-order valence-corrected chi connectivity index (χ3v) is 5.28. The van der Waals surface area contributed by atoms with Crippen molar-refractivity contribution in [2.24, 2.45) is 0 Å². The number of rotatable bonds is 6. The molecule has 32 heavy (non-hydrogen) atoms. The van der Waals surface area contributed by atoms with Gasteiger partial charge in [0, 0.05) is 11.4 Å². The van der Waals surface area contributed by atoms with E-state index in [-0.39, 0.29) is 22.0 Å². The lowest BCUT2D eigenvalue weighted by Gasteiger charge is -2.13. The quantitative estimate of drug-likeness (QED) is 0.442. The fourth-order valence-corrected chi connectivity index (χ4v) is 3.61. The lowest BCUT2D eigenvalue weighted by atomic mass is 10.1. The van der Waals surface area contributed by atoms with E-state index in [1.807, 2.05) is 19.9 Å². The molecule has 0 amide bonds. The molecule has 168 valence electrons. The van der Waals surface area contributed by atoms with Crippen LogP contribution in [0, 0.1) is 27.7 Å². The first kappa shape index (κ1) is 23.2. The maximum Gasteiger partial charge on any atom is 0.359 e. The molecule has 9 nitrogen and oxygen atoms in total. The number of carbonyl (C=O) groups is 3. The normalized spacial score (nSPS) is 11.8. The number of hydrogen-bond acceptors (Lipinski definition) is 7. The molecule has 3 heterocycles. The first-order valence-electron chi connectivity index (χ1n) is 9.78. The predicted octanol–water partition coefficient (Wildman–Crippen LogP) is 3.70. The summed E-state index contributed by atoms with van der Waals surface area (Å²) in [4.78, 5) is 44.8. The number of hydrogen-bond donors (Lipinski definition) is 1. The second-order valence-corrected chi connectivity index (χ2v) is 7.77. The van der Waals surface area contributed by atoms with Crippen LogP contribution in [-0.4, -0.2) is 50.7 Å². The Morgan fingerprint density at radius 1 is 1.12 bits per heavy atom. The summed E-state index contributed by atoms with van der Waals surface area (Å²) in [5, 5.41) is 4.43. The van der Waals surface area contributed by atoms with Crippen molar-refractivity contribution >= 4 is 29.3 Å². The van der Waals surface area contributed by atoms with Gasteiger partial charge in [-0.15, -0.1) is 0 Å². The second kappa shape index (κ2) is 8.96. The van der Waals surface area contributed by atoms with Gasteiger partial charge in [-0.2, -0.15) is 5.10 Å². The van der Waals surface area contributed by atoms with Gasteiger partial charge in [-0.1, -0.05) is 11.6 Å². The molecule has 0 aromatic carbocycles. The molecule has 1 N–H and O–H groups in total. The van der Waals surface area contributed by atoms with Gasteiger partial charge in [0.25, 0.3) is 0 Å². The third kappa shape index (κ3) is 4.29. The Hall–Kier alpha value is -3.46. The molecule has 0 aliphatic rings. The Bertz CT molecular complexity index is 1230. The van der Waals surface area contributed by atoms with Crippen LogP contribution in [0.3, 0.4) is 0 Å². The van der Waals surface area contributed by atoms with Crippen molar-refractivity contribution in [1.29, 1.82) is 0 Å². The van der Waals surface area contributed by atoms with Gasteiger partial charge < -0.3 is 14.5 Å². The number of aromatic nitrogens is 4. The molecule has 0 saturated carbocycles. The van der Waals surface area contributed by atoms with Gasteiger partial charge in [-0.25, -0.2) is 19.3 Å². The molecule has 1 unspecified atom stereocenters. The highest BCUT2D eigenvalue weighted by Gasteiger charge is 2.28. The van der Waals surface area contributed by atoms with Crippen molar-refractivity contribution in [2.45, 2.75) is 40.7 Å². The average molecular weight is 459 g/mol. The molecule has 0 aliphatic heterocycles. The fraction of sp³-hybridized carbons (Fsp3) is 0.318. The Balaban J connectivity index is 1.85. The molecule has 0 radical (unpaired) electrons. The zero-order chi connectivity index (χ0) is 23.7. The Morgan fingerprint density at radius 3 is 2.41 bits per heavy atom. The number of esters is 2. The molecule has 0 bridgehead atoms. The van der Waals surface area contributed by atoms with Crippen LogP contribution in [0.1, 0.15) is 60.9 Å². The van der Waals surface area contributed by atoms with Gasteiger partial charge in [-0.3, -0.25) is 4.79 Å². The Kier molecular flexibility index (Phi) is 6.50. The third-order valence-electron chi connectivity index (χ3n) is 4.98. The summed E-state index contributed by atoms with van der Waals surface area (Å²) in [7, 11) is 1.26. The van der Waals surface area contributed by atoms with Crippen LogP contribution >= 0.6 is 11.6 Å². The van der Waals surface area contributed by atoms with Gasteiger partial charge in [0.2, 0.25) is 5.78 Å². The van der Waals surface area contributed by atoms with Crippen LogP contribution in [0.5, 0.6) is 0 Å². The van der Waals surface area contributed by atoms with Crippen LogP contribution in [-0.2, 0) is 9.47 Å². The van der Waals surface area contributed by atoms with E-state index in [1.54, 1.807) is 24.6 Å². The van der Waals surface area contributed by atoms with E-state index in [0.717, 1.165) is 11.4 Å². The minimum atomic E-state index is -1.15. The number of aromatic amines is 1. The van der Waals surface area contributed by atoms with E-state index in [2.05, 4.69) is 15.1 Å². The number of ketones is 1. The van der Waals surface area contributed by atoms with E-state index in [0.29, 0.717) is 17.1 Å². The van der Waals surface area contributed by atoms with Crippen LogP contribution < -0.4 is 0 Å². The van der Waals surface area contributed by atoms with Crippen LogP contribution in [0.4, 0.5) is 0 Å². The summed E-state index contributed by atoms with van der Waals surface area (Å²) < 4.78 is 11.7. The SMILES string of the molecule is COC(=O)c1c(C)[nH]c(C(=O)C(C)OC(=O)c2nc(-n3nc(C)cc3C)ccc2Cl)c1C. The fourth-order valence-electron chi connectivity index (χ4n) is 3.43. The smallest absolute Gasteiger partial charge is 0.359 e. The minimum absolute atomic E-state index is 0.0832. The molecular weight excluding hydrogens is 436 g/mol. The topological polar surface area (TPSA) is 116 Å². The molecule has 0 saturated heterocycles. The Labute approximate surface area is 189 Å². The second-order valence-electron chi connectivity index (χ2n) is 7.37. The molecule has 3 aromatic heterocycles. The van der Waals surface area contributed by atoms with Gasteiger partial charge >= 0.3 is 11.9 Å². The number of ether oxygens (including phenoxy) is 2. The van der Waals surface area contributed by atoms with Crippen molar-refractivity contribution in [3.63, 3.8) is 0 Å². The van der Waals surface area contributed by atoms with Crippen LogP contribution in [0.25, 0.3) is 5.82 Å². The molecular formula is C22H23ClN4O5. The molecule has 1 atom stereocenters. The zero-order valence-corrected chi connectivity index (χ0v) is 19.3. The van der Waals surface area contributed by atoms with Crippen molar-refractivity contribution in [3.8, 4) is 5.82 Å². The van der Waals surface area contributed by atoms with Gasteiger partial charge in [0.05, 0.1) is 29.1 Å². The van der Waals surface area contributed by atoms with Crippen LogP contribution in [0.2, 0.25) is 5.02 Å². The van der Waals surface area contributed by atoms with Crippen molar-refractivity contribution < 1.29 is 23.9 Å². The number of aryl methyl sites for hydroxylation is 3. The lowest BCUT2D eigenvalue weighted by Crippen LogP contribution is -2.26. The molecule has 0 aliphatic carbocycles. The number of nitrogens with one attached hydrogen (secondary N) is 1. The summed E-state index contributed by atoms with van der Waals surface area (Å²) in [6.07, 6.45) is -1.15. The number of pyridine rings is 1. The standard InChI is InChI=1S/C22H23ClN4O5/c1-10-9-11(2)27(26-10)16-8-7-15(23)19(25-16)22(30)32-14(5)20(28)18-12(3)17(13(4)24-18)21(29)31-6/h7-9,14,24H,1-6H3. The van der Waals surface area contributed by atoms with E-state index in [9.17, 15) is 14.4 Å². The average Bonchev–Trinajstić information content (AvgIpc) is 3.24. The highest BCUT2D eigenvalue weighted by molar-refractivity contribution is 6.33. The number of nitrogens with zero attached hydrogens (tertiary/aromatic N) is 3. The Morgan fingerprint density at radius 2 is 1.81 bits per heavy atom. The zero-order valence-electron chi connectivity index (χ0n) is 18.6. The summed E-state index contributed by atoms with van der Waals surface area (Å²) in [6, 6.07) is 5.02. The molecule has 10 heteroatoms. The predicted molar refractivity (Wildman–Crippen MR) is 117 cm³/mol. The van der Waals surface area contributed by atoms with Gasteiger partial charge in [0.1, 0.15) is 0 Å². The summed E-state index contributed by atoms with van der Waals surface area (Å²) in [6.45, 7) is 8.41. The molecule has 0 fully saturated rings. The number of H-pyrrole nitrogens is 1. The maximum absolute atomic E-state index is 12.9. The van der Waals surface area contributed by atoms with Crippen molar-refractivity contribution in [3.05, 3.63) is 62.8 Å². The number of Topliss-reactive ketones (excluding diaryl/α,β-unsaturated/α-hetero) is 1. The van der Waals surface area contributed by atoms with Crippen LogP contribution in [0.15, 0.2) is 18.2 Å². The van der Waals surface area contributed by atoms with E-state index < -0.39 is 23.8 Å². The minimum Gasteiger partial charge on any atom is -0.465 e. The number of methoxy groups -OCH3 is 1. The monoisotopic (exact) mass is 458 g/mol. The van der Waals surface area contributed by atoms with Gasteiger partial charge in [0.15, 0.2) is 17.6 Å². The van der Waals surface area contributed by atoms with E-state index in [1.165, 1.54) is 20.1 Å². The highest BCUT2D eigenvalue weighted by Crippen LogP contribution is 2.22. The molecule has 3 aromatic rings. The van der Waals surface area contributed by atoms with Crippen molar-refractivity contribution in [1.82, 2.24) is 19.7 Å². The molecule has 0 spiro atoms. The van der Waals surface area contributed by atoms with E-state index >= 15 is 0 Å². The molecule has 3 rings (SSSR count). The maximum atomic E-state index is 12.9. The lowest BCUT2D eigenvalue weighted by molar-refractivity contribution is 0.0311. The highest BCUT2D eigenvalue weighted by atomic mass is 35.5. The van der Waals surface area contributed by atoms with Gasteiger partial charge in [-0.05, 0) is 58.4 Å². The van der Waals surface area contributed by atoms with Crippen molar-refractivity contribution in [2.75, 3.05) is 7.11 Å².